The minimum Gasteiger partial charge on any atom is -0.497 e. The zero-order chi connectivity index (χ0) is 17.1. The monoisotopic (exact) mass is 326 g/mol. The van der Waals surface area contributed by atoms with Crippen LogP contribution in [0.3, 0.4) is 0 Å². The Balaban J connectivity index is 1.89. The Bertz CT molecular complexity index is 918. The molecular weight excluding hydrogens is 308 g/mol. The van der Waals surface area contributed by atoms with Crippen molar-refractivity contribution in [2.24, 2.45) is 0 Å². The summed E-state index contributed by atoms with van der Waals surface area (Å²) >= 11 is 0. The maximum absolute atomic E-state index is 5.34. The van der Waals surface area contributed by atoms with Crippen molar-refractivity contribution in [3.05, 3.63) is 91.1 Å². The van der Waals surface area contributed by atoms with Crippen LogP contribution in [0.4, 0.5) is 0 Å². The van der Waals surface area contributed by atoms with Crippen LogP contribution in [0.15, 0.2) is 91.1 Å². The van der Waals surface area contributed by atoms with E-state index in [1.807, 2.05) is 65.3 Å². The molecule has 0 radical (unpaired) electrons. The molecule has 3 nitrogen and oxygen atoms in total. The van der Waals surface area contributed by atoms with Gasteiger partial charge in [0.25, 0.3) is 0 Å². The molecule has 0 atom stereocenters. The zero-order valence-electron chi connectivity index (χ0n) is 14.0. The second-order valence-electron chi connectivity index (χ2n) is 5.77. The number of benzene rings is 3. The van der Waals surface area contributed by atoms with E-state index >= 15 is 0 Å². The number of hydrogen-bond acceptors (Lipinski definition) is 2. The Morgan fingerprint density at radius 2 is 1.44 bits per heavy atom. The van der Waals surface area contributed by atoms with Crippen LogP contribution in [0.2, 0.25) is 0 Å². The molecule has 0 fully saturated rings. The minimum atomic E-state index is 0.815. The maximum Gasteiger partial charge on any atom is 0.121 e. The molecule has 0 N–H and O–H groups in total. The van der Waals surface area contributed by atoms with Gasteiger partial charge in [-0.25, -0.2) is 4.68 Å². The number of methoxy groups -OCH3 is 1. The van der Waals surface area contributed by atoms with E-state index in [-0.39, 0.29) is 0 Å². The summed E-state index contributed by atoms with van der Waals surface area (Å²) in [5.74, 6) is 0.815. The molecule has 3 aromatic carbocycles. The molecule has 4 rings (SSSR count). The Labute approximate surface area is 147 Å². The Morgan fingerprint density at radius 1 is 0.760 bits per heavy atom. The van der Waals surface area contributed by atoms with Crippen molar-refractivity contribution in [2.45, 2.75) is 0 Å². The van der Waals surface area contributed by atoms with Crippen molar-refractivity contribution in [1.82, 2.24) is 9.78 Å². The van der Waals surface area contributed by atoms with Gasteiger partial charge >= 0.3 is 0 Å². The Morgan fingerprint density at radius 3 is 2.12 bits per heavy atom. The third kappa shape index (κ3) is 3.04. The van der Waals surface area contributed by atoms with E-state index < -0.39 is 0 Å². The molecule has 1 aromatic heterocycles. The molecule has 0 saturated carbocycles. The summed E-state index contributed by atoms with van der Waals surface area (Å²) in [6.45, 7) is 0. The van der Waals surface area contributed by atoms with E-state index in [0.717, 1.165) is 33.8 Å². The van der Waals surface area contributed by atoms with E-state index in [1.165, 1.54) is 0 Å². The van der Waals surface area contributed by atoms with Gasteiger partial charge in [-0.1, -0.05) is 66.7 Å². The standard InChI is InChI=1S/C22H18N2O/c1-25-20-14-8-13-19(15-20)24-16-21(17-9-4-2-5-10-17)22(23-24)18-11-6-3-7-12-18/h2-16H,1H3. The summed E-state index contributed by atoms with van der Waals surface area (Å²) < 4.78 is 7.25. The first-order valence-electron chi connectivity index (χ1n) is 8.20. The molecule has 0 aliphatic rings. The predicted octanol–water partition coefficient (Wildman–Crippen LogP) is 5.21. The van der Waals surface area contributed by atoms with E-state index in [9.17, 15) is 0 Å². The van der Waals surface area contributed by atoms with Crippen LogP contribution in [-0.2, 0) is 0 Å². The number of hydrogen-bond donors (Lipinski definition) is 0. The molecule has 3 heteroatoms. The Hall–Kier alpha value is -3.33. The number of ether oxygens (including phenoxy) is 1. The van der Waals surface area contributed by atoms with Crippen LogP contribution in [0.5, 0.6) is 5.75 Å². The molecule has 4 aromatic rings. The van der Waals surface area contributed by atoms with Crippen molar-refractivity contribution >= 4 is 0 Å². The summed E-state index contributed by atoms with van der Waals surface area (Å²) in [6.07, 6.45) is 2.08. The van der Waals surface area contributed by atoms with Gasteiger partial charge in [0, 0.05) is 23.4 Å². The highest BCUT2D eigenvalue weighted by Gasteiger charge is 2.14. The average Bonchev–Trinajstić information content (AvgIpc) is 3.15. The molecule has 0 aliphatic carbocycles. The van der Waals surface area contributed by atoms with Crippen LogP contribution in [0, 0.1) is 0 Å². The SMILES string of the molecule is COc1cccc(-n2cc(-c3ccccc3)c(-c3ccccc3)n2)c1. The molecule has 0 saturated heterocycles. The van der Waals surface area contributed by atoms with Crippen LogP contribution < -0.4 is 4.74 Å². The van der Waals surface area contributed by atoms with Gasteiger partial charge in [-0.2, -0.15) is 5.10 Å². The smallest absolute Gasteiger partial charge is 0.121 e. The first-order chi connectivity index (χ1) is 12.3. The van der Waals surface area contributed by atoms with Crippen LogP contribution in [-0.4, -0.2) is 16.9 Å². The van der Waals surface area contributed by atoms with Crippen molar-refractivity contribution < 1.29 is 4.74 Å². The number of aromatic nitrogens is 2. The topological polar surface area (TPSA) is 27.1 Å². The molecular formula is C22H18N2O. The van der Waals surface area contributed by atoms with E-state index in [2.05, 4.69) is 30.5 Å². The highest BCUT2D eigenvalue weighted by Crippen LogP contribution is 2.32. The summed E-state index contributed by atoms with van der Waals surface area (Å²) in [5, 5.41) is 4.86. The van der Waals surface area contributed by atoms with E-state index in [4.69, 9.17) is 9.84 Å². The van der Waals surface area contributed by atoms with Crippen LogP contribution >= 0.6 is 0 Å². The normalized spacial score (nSPS) is 10.6. The molecule has 122 valence electrons. The fourth-order valence-corrected chi connectivity index (χ4v) is 2.90. The summed E-state index contributed by atoms with van der Waals surface area (Å²) in [6, 6.07) is 28.5. The summed E-state index contributed by atoms with van der Waals surface area (Å²) in [5.41, 5.74) is 5.29. The lowest BCUT2D eigenvalue weighted by Gasteiger charge is -2.04. The highest BCUT2D eigenvalue weighted by atomic mass is 16.5. The van der Waals surface area contributed by atoms with E-state index in [1.54, 1.807) is 7.11 Å². The molecule has 0 bridgehead atoms. The first-order valence-corrected chi connectivity index (χ1v) is 8.20. The second-order valence-corrected chi connectivity index (χ2v) is 5.77. The van der Waals surface area contributed by atoms with Crippen LogP contribution in [0.25, 0.3) is 28.1 Å². The van der Waals surface area contributed by atoms with Gasteiger partial charge in [0.05, 0.1) is 12.8 Å². The first kappa shape index (κ1) is 15.2. The van der Waals surface area contributed by atoms with Gasteiger partial charge < -0.3 is 4.74 Å². The lowest BCUT2D eigenvalue weighted by Crippen LogP contribution is -1.95. The molecule has 0 unspecified atom stereocenters. The van der Waals surface area contributed by atoms with Gasteiger partial charge in [0.1, 0.15) is 11.4 Å². The zero-order valence-corrected chi connectivity index (χ0v) is 14.0. The van der Waals surface area contributed by atoms with Crippen LogP contribution in [0.1, 0.15) is 0 Å². The van der Waals surface area contributed by atoms with Gasteiger partial charge in [0.2, 0.25) is 0 Å². The van der Waals surface area contributed by atoms with Gasteiger partial charge in [-0.3, -0.25) is 0 Å². The van der Waals surface area contributed by atoms with Crippen molar-refractivity contribution in [2.75, 3.05) is 7.11 Å². The molecule has 0 spiro atoms. The quantitative estimate of drug-likeness (QED) is 0.514. The minimum absolute atomic E-state index is 0.815. The second kappa shape index (κ2) is 6.65. The maximum atomic E-state index is 5.34. The number of rotatable bonds is 4. The third-order valence-electron chi connectivity index (χ3n) is 4.16. The lowest BCUT2D eigenvalue weighted by atomic mass is 10.0. The third-order valence-corrected chi connectivity index (χ3v) is 4.16. The largest absolute Gasteiger partial charge is 0.497 e. The molecule has 0 amide bonds. The van der Waals surface area contributed by atoms with Crippen molar-refractivity contribution in [1.29, 1.82) is 0 Å². The predicted molar refractivity (Wildman–Crippen MR) is 101 cm³/mol. The van der Waals surface area contributed by atoms with E-state index in [0.29, 0.717) is 0 Å². The van der Waals surface area contributed by atoms with Gasteiger partial charge in [0.15, 0.2) is 0 Å². The molecule has 25 heavy (non-hydrogen) atoms. The molecule has 0 aliphatic heterocycles. The average molecular weight is 326 g/mol. The lowest BCUT2D eigenvalue weighted by molar-refractivity contribution is 0.414. The fourth-order valence-electron chi connectivity index (χ4n) is 2.90. The van der Waals surface area contributed by atoms with Gasteiger partial charge in [-0.15, -0.1) is 0 Å². The summed E-state index contributed by atoms with van der Waals surface area (Å²) in [7, 11) is 1.67. The Kier molecular flexibility index (Phi) is 4.05. The van der Waals surface area contributed by atoms with Gasteiger partial charge in [-0.05, 0) is 17.7 Å². The van der Waals surface area contributed by atoms with Crippen molar-refractivity contribution in [3.8, 4) is 33.8 Å². The summed E-state index contributed by atoms with van der Waals surface area (Å²) in [4.78, 5) is 0. The highest BCUT2D eigenvalue weighted by molar-refractivity contribution is 5.80. The molecule has 1 heterocycles. The van der Waals surface area contributed by atoms with Crippen molar-refractivity contribution in [3.63, 3.8) is 0 Å². The fraction of sp³-hybridized carbons (Fsp3) is 0.0455. The number of nitrogens with zero attached hydrogens (tertiary/aromatic N) is 2.